The van der Waals surface area contributed by atoms with Crippen LogP contribution in [-0.4, -0.2) is 41.7 Å². The van der Waals surface area contributed by atoms with Gasteiger partial charge in [0, 0.05) is 0 Å². The number of thiophene rings is 1. The average Bonchev–Trinajstić information content (AvgIpc) is 3.08. The van der Waals surface area contributed by atoms with E-state index in [4.69, 9.17) is 24.7 Å². The van der Waals surface area contributed by atoms with E-state index in [9.17, 15) is 9.59 Å². The maximum Gasteiger partial charge on any atom is 0.348 e. The number of anilines is 1. The molecule has 3 aromatic rings. The van der Waals surface area contributed by atoms with E-state index >= 15 is 0 Å². The Balaban J connectivity index is 1.52. The number of aryl methyl sites for hydroxylation is 1. The average molecular weight is 429 g/mol. The smallest absolute Gasteiger partial charge is 0.348 e. The summed E-state index contributed by atoms with van der Waals surface area (Å²) < 4.78 is 21.3. The molecule has 0 atom stereocenters. The Kier molecular flexibility index (Phi) is 5.40. The van der Waals surface area contributed by atoms with Gasteiger partial charge in [0.05, 0.1) is 17.6 Å². The van der Waals surface area contributed by atoms with Gasteiger partial charge in [-0.15, -0.1) is 11.3 Å². The third-order valence-electron chi connectivity index (χ3n) is 4.44. The predicted octanol–water partition coefficient (Wildman–Crippen LogP) is 2.89. The fourth-order valence-electron chi connectivity index (χ4n) is 3.06. The number of fused-ring (bicyclic) bond motifs is 2. The number of carbonyl (C=O) groups excluding carboxylic acids is 2. The van der Waals surface area contributed by atoms with Crippen LogP contribution in [0, 0.1) is 6.92 Å². The van der Waals surface area contributed by atoms with Crippen molar-refractivity contribution in [3.63, 3.8) is 0 Å². The van der Waals surface area contributed by atoms with Gasteiger partial charge in [-0.05, 0) is 37.6 Å². The Morgan fingerprint density at radius 3 is 2.67 bits per heavy atom. The maximum atomic E-state index is 12.4. The van der Waals surface area contributed by atoms with Gasteiger partial charge in [-0.1, -0.05) is 0 Å². The van der Waals surface area contributed by atoms with E-state index in [1.54, 1.807) is 32.0 Å². The van der Waals surface area contributed by atoms with E-state index in [-0.39, 0.29) is 24.9 Å². The van der Waals surface area contributed by atoms with Crippen LogP contribution in [0.15, 0.2) is 18.2 Å². The second kappa shape index (κ2) is 8.15. The first-order valence-electron chi connectivity index (χ1n) is 9.27. The fraction of sp³-hybridized carbons (Fsp3) is 0.300. The molecule has 2 aromatic heterocycles. The Morgan fingerprint density at radius 1 is 1.13 bits per heavy atom. The largest absolute Gasteiger partial charge is 0.486 e. The van der Waals surface area contributed by atoms with E-state index in [0.29, 0.717) is 50.9 Å². The highest BCUT2D eigenvalue weighted by molar-refractivity contribution is 7.20. The van der Waals surface area contributed by atoms with Gasteiger partial charge in [0.1, 0.15) is 28.7 Å². The SMILES string of the molecule is CCOC(=O)c1sc2nc(COC(=O)c3ccc4c(c3)OCCO4)nc(N)c2c1C. The highest BCUT2D eigenvalue weighted by Gasteiger charge is 2.21. The number of benzene rings is 1. The number of carbonyl (C=O) groups is 2. The van der Waals surface area contributed by atoms with E-state index in [0.717, 1.165) is 0 Å². The lowest BCUT2D eigenvalue weighted by Crippen LogP contribution is -2.16. The van der Waals surface area contributed by atoms with Crippen LogP contribution in [0.3, 0.4) is 0 Å². The molecule has 9 nitrogen and oxygen atoms in total. The molecule has 156 valence electrons. The molecule has 2 N–H and O–H groups in total. The zero-order valence-electron chi connectivity index (χ0n) is 16.4. The standard InChI is InChI=1S/C20H19N3O6S/c1-3-26-20(25)16-10(2)15-17(21)22-14(23-18(15)30-16)9-29-19(24)11-4-5-12-13(8-11)28-7-6-27-12/h4-5,8H,3,6-7,9H2,1-2H3,(H2,21,22,23). The first-order valence-corrected chi connectivity index (χ1v) is 10.1. The Labute approximate surface area is 175 Å². The summed E-state index contributed by atoms with van der Waals surface area (Å²) in [5, 5.41) is 0.602. The Bertz CT molecular complexity index is 1140. The van der Waals surface area contributed by atoms with Crippen LogP contribution >= 0.6 is 11.3 Å². The molecule has 0 unspecified atom stereocenters. The summed E-state index contributed by atoms with van der Waals surface area (Å²) in [4.78, 5) is 34.1. The molecule has 1 aliphatic rings. The van der Waals surface area contributed by atoms with Gasteiger partial charge in [0.2, 0.25) is 0 Å². The van der Waals surface area contributed by atoms with Crippen molar-refractivity contribution in [2.45, 2.75) is 20.5 Å². The molecule has 4 rings (SSSR count). The number of nitrogens with zero attached hydrogens (tertiary/aromatic N) is 2. The summed E-state index contributed by atoms with van der Waals surface area (Å²) in [7, 11) is 0. The molecule has 0 saturated carbocycles. The molecule has 0 radical (unpaired) electrons. The van der Waals surface area contributed by atoms with Crippen LogP contribution in [0.2, 0.25) is 0 Å². The molecule has 0 spiro atoms. The molecule has 30 heavy (non-hydrogen) atoms. The minimum absolute atomic E-state index is 0.168. The van der Waals surface area contributed by atoms with Gasteiger partial charge < -0.3 is 24.7 Å². The third kappa shape index (κ3) is 3.73. The van der Waals surface area contributed by atoms with Crippen molar-refractivity contribution in [1.82, 2.24) is 9.97 Å². The zero-order valence-corrected chi connectivity index (χ0v) is 17.2. The summed E-state index contributed by atoms with van der Waals surface area (Å²) in [5.74, 6) is 0.563. The fourth-order valence-corrected chi connectivity index (χ4v) is 4.16. The van der Waals surface area contributed by atoms with E-state index < -0.39 is 11.9 Å². The molecule has 1 aliphatic heterocycles. The zero-order chi connectivity index (χ0) is 21.3. The van der Waals surface area contributed by atoms with Gasteiger partial charge >= 0.3 is 11.9 Å². The highest BCUT2D eigenvalue weighted by Crippen LogP contribution is 2.33. The van der Waals surface area contributed by atoms with Crippen molar-refractivity contribution in [1.29, 1.82) is 0 Å². The number of nitrogens with two attached hydrogens (primary N) is 1. The normalized spacial score (nSPS) is 12.6. The third-order valence-corrected chi connectivity index (χ3v) is 5.60. The van der Waals surface area contributed by atoms with Crippen LogP contribution < -0.4 is 15.2 Å². The minimum atomic E-state index is -0.552. The van der Waals surface area contributed by atoms with Crippen molar-refractivity contribution in [2.24, 2.45) is 0 Å². The van der Waals surface area contributed by atoms with Gasteiger partial charge in [0.25, 0.3) is 0 Å². The molecular formula is C20H19N3O6S. The molecule has 0 saturated heterocycles. The van der Waals surface area contributed by atoms with Crippen LogP contribution in [0.5, 0.6) is 11.5 Å². The van der Waals surface area contributed by atoms with Crippen LogP contribution in [0.1, 0.15) is 38.3 Å². The summed E-state index contributed by atoms with van der Waals surface area (Å²) >= 11 is 1.17. The van der Waals surface area contributed by atoms with E-state index in [2.05, 4.69) is 9.97 Å². The predicted molar refractivity (Wildman–Crippen MR) is 109 cm³/mol. The molecule has 1 aromatic carbocycles. The number of rotatable bonds is 5. The molecule has 0 fully saturated rings. The van der Waals surface area contributed by atoms with Crippen LogP contribution in [0.25, 0.3) is 10.2 Å². The summed E-state index contributed by atoms with van der Waals surface area (Å²) in [6, 6.07) is 4.84. The quantitative estimate of drug-likeness (QED) is 0.610. The molecular weight excluding hydrogens is 410 g/mol. The number of hydrogen-bond acceptors (Lipinski definition) is 10. The van der Waals surface area contributed by atoms with Crippen molar-refractivity contribution in [2.75, 3.05) is 25.6 Å². The van der Waals surface area contributed by atoms with Gasteiger partial charge in [-0.2, -0.15) is 0 Å². The van der Waals surface area contributed by atoms with E-state index in [1.807, 2.05) is 0 Å². The van der Waals surface area contributed by atoms with Crippen molar-refractivity contribution in [3.05, 3.63) is 40.0 Å². The monoisotopic (exact) mass is 429 g/mol. The lowest BCUT2D eigenvalue weighted by molar-refractivity contribution is 0.0460. The van der Waals surface area contributed by atoms with Crippen LogP contribution in [0.4, 0.5) is 5.82 Å². The summed E-state index contributed by atoms with van der Waals surface area (Å²) in [6.45, 7) is 4.51. The molecule has 3 heterocycles. The van der Waals surface area contributed by atoms with Gasteiger partial charge in [0.15, 0.2) is 23.9 Å². The lowest BCUT2D eigenvalue weighted by Gasteiger charge is -2.18. The van der Waals surface area contributed by atoms with Crippen molar-refractivity contribution < 1.29 is 28.5 Å². The number of esters is 2. The number of aromatic nitrogens is 2. The van der Waals surface area contributed by atoms with Crippen molar-refractivity contribution >= 4 is 39.3 Å². The first-order chi connectivity index (χ1) is 14.5. The molecule has 0 aliphatic carbocycles. The lowest BCUT2D eigenvalue weighted by atomic mass is 10.2. The van der Waals surface area contributed by atoms with Gasteiger partial charge in [-0.3, -0.25) is 0 Å². The Hall–Kier alpha value is -3.40. The first kappa shape index (κ1) is 19.9. The van der Waals surface area contributed by atoms with Crippen molar-refractivity contribution in [3.8, 4) is 11.5 Å². The molecule has 0 bridgehead atoms. The number of hydrogen-bond donors (Lipinski definition) is 1. The highest BCUT2D eigenvalue weighted by atomic mass is 32.1. The summed E-state index contributed by atoms with van der Waals surface area (Å²) in [5.41, 5.74) is 7.07. The second-order valence-electron chi connectivity index (χ2n) is 6.42. The minimum Gasteiger partial charge on any atom is -0.486 e. The van der Waals surface area contributed by atoms with Gasteiger partial charge in [-0.25, -0.2) is 19.6 Å². The topological polar surface area (TPSA) is 123 Å². The number of ether oxygens (including phenoxy) is 4. The number of nitrogen functional groups attached to an aromatic ring is 1. The maximum absolute atomic E-state index is 12.4. The molecule has 0 amide bonds. The second-order valence-corrected chi connectivity index (χ2v) is 7.42. The summed E-state index contributed by atoms with van der Waals surface area (Å²) in [6.07, 6.45) is 0. The van der Waals surface area contributed by atoms with Crippen LogP contribution in [-0.2, 0) is 16.1 Å². The van der Waals surface area contributed by atoms with E-state index in [1.165, 1.54) is 11.3 Å². The Morgan fingerprint density at radius 2 is 1.90 bits per heavy atom. The molecule has 10 heteroatoms.